The van der Waals surface area contributed by atoms with E-state index in [2.05, 4.69) is 38.8 Å². The number of hydrogen-bond donors (Lipinski definition) is 1. The average Bonchev–Trinajstić information content (AvgIpc) is 3.39. The minimum Gasteiger partial charge on any atom is -0.497 e. The molecular formula is C32H38N4O5. The van der Waals surface area contributed by atoms with Crippen molar-refractivity contribution < 1.29 is 23.8 Å². The molecule has 2 unspecified atom stereocenters. The maximum Gasteiger partial charge on any atom is 0.254 e. The maximum absolute atomic E-state index is 13.7. The summed E-state index contributed by atoms with van der Waals surface area (Å²) in [6.45, 7) is 11.1. The number of dihydropyridines is 1. The third-order valence-electron chi connectivity index (χ3n) is 8.15. The maximum atomic E-state index is 13.7. The van der Waals surface area contributed by atoms with Gasteiger partial charge in [0.25, 0.3) is 11.8 Å². The first-order chi connectivity index (χ1) is 19.7. The number of fused-ring (bicyclic) bond motifs is 1. The largest absolute Gasteiger partial charge is 0.497 e. The highest BCUT2D eigenvalue weighted by Gasteiger charge is 2.28. The Morgan fingerprint density at radius 2 is 1.73 bits per heavy atom. The lowest BCUT2D eigenvalue weighted by molar-refractivity contribution is -0.120. The van der Waals surface area contributed by atoms with Crippen molar-refractivity contribution in [3.8, 4) is 22.6 Å². The summed E-state index contributed by atoms with van der Waals surface area (Å²) in [5, 5.41) is 3.02. The van der Waals surface area contributed by atoms with E-state index < -0.39 is 5.92 Å². The number of aliphatic imine (C=N–C) groups is 1. The Hall–Kier alpha value is -3.95. The Morgan fingerprint density at radius 1 is 1.05 bits per heavy atom. The molecular weight excluding hydrogens is 520 g/mol. The number of carbonyl (C=O) groups is 2. The summed E-state index contributed by atoms with van der Waals surface area (Å²) in [6.07, 6.45) is 4.01. The second kappa shape index (κ2) is 11.9. The number of benzene rings is 1. The second-order valence-electron chi connectivity index (χ2n) is 10.8. The molecule has 5 rings (SSSR count). The molecule has 0 spiro atoms. The van der Waals surface area contributed by atoms with Gasteiger partial charge in [0.05, 0.1) is 33.4 Å². The van der Waals surface area contributed by atoms with E-state index in [9.17, 15) is 9.59 Å². The molecule has 2 aromatic heterocycles. The van der Waals surface area contributed by atoms with Crippen LogP contribution in [-0.4, -0.2) is 73.9 Å². The van der Waals surface area contributed by atoms with Crippen LogP contribution in [0.25, 0.3) is 16.6 Å². The van der Waals surface area contributed by atoms with Crippen LogP contribution in [0.2, 0.25) is 0 Å². The number of nitrogens with zero attached hydrogens (tertiary/aromatic N) is 3. The van der Waals surface area contributed by atoms with Crippen LogP contribution < -0.4 is 14.8 Å². The van der Waals surface area contributed by atoms with Crippen molar-refractivity contribution >= 4 is 23.0 Å². The zero-order valence-corrected chi connectivity index (χ0v) is 24.6. The van der Waals surface area contributed by atoms with Crippen LogP contribution in [0.5, 0.6) is 11.5 Å². The lowest BCUT2D eigenvalue weighted by atomic mass is 9.95. The number of allylic oxidation sites excluding steroid dienone is 1. The topological polar surface area (TPSA) is 93.9 Å². The summed E-state index contributed by atoms with van der Waals surface area (Å²) < 4.78 is 18.8. The van der Waals surface area contributed by atoms with Gasteiger partial charge in [-0.05, 0) is 69.2 Å². The monoisotopic (exact) mass is 558 g/mol. The van der Waals surface area contributed by atoms with Crippen LogP contribution in [0.1, 0.15) is 48.4 Å². The van der Waals surface area contributed by atoms with E-state index in [-0.39, 0.29) is 24.4 Å². The Balaban J connectivity index is 1.56. The minimum atomic E-state index is -0.457. The molecule has 9 heteroatoms. The van der Waals surface area contributed by atoms with Gasteiger partial charge < -0.3 is 23.9 Å². The number of amides is 2. The van der Waals surface area contributed by atoms with Crippen molar-refractivity contribution in [1.29, 1.82) is 0 Å². The summed E-state index contributed by atoms with van der Waals surface area (Å²) in [7, 11) is 3.27. The highest BCUT2D eigenvalue weighted by Crippen LogP contribution is 2.35. The molecule has 1 saturated heterocycles. The molecule has 4 heterocycles. The number of aromatic nitrogens is 1. The predicted octanol–water partition coefficient (Wildman–Crippen LogP) is 4.62. The fourth-order valence-corrected chi connectivity index (χ4v) is 5.84. The normalized spacial score (nSPS) is 18.6. The van der Waals surface area contributed by atoms with Gasteiger partial charge in [0, 0.05) is 66.0 Å². The molecule has 41 heavy (non-hydrogen) atoms. The number of rotatable bonds is 8. The van der Waals surface area contributed by atoms with E-state index in [1.165, 1.54) is 0 Å². The van der Waals surface area contributed by atoms with Crippen molar-refractivity contribution in [2.24, 2.45) is 10.9 Å². The molecule has 0 saturated carbocycles. The Bertz CT molecular complexity index is 1520. The first-order valence-corrected chi connectivity index (χ1v) is 14.0. The van der Waals surface area contributed by atoms with Gasteiger partial charge in [0.1, 0.15) is 11.5 Å². The number of morpholine rings is 1. The zero-order chi connectivity index (χ0) is 29.3. The van der Waals surface area contributed by atoms with Crippen molar-refractivity contribution in [1.82, 2.24) is 14.6 Å². The smallest absolute Gasteiger partial charge is 0.254 e. The van der Waals surface area contributed by atoms with Gasteiger partial charge in [-0.2, -0.15) is 0 Å². The molecule has 216 valence electrons. The van der Waals surface area contributed by atoms with Crippen LogP contribution in [0, 0.1) is 12.8 Å². The van der Waals surface area contributed by atoms with E-state index in [1.54, 1.807) is 21.1 Å². The Morgan fingerprint density at radius 3 is 2.37 bits per heavy atom. The van der Waals surface area contributed by atoms with E-state index in [4.69, 9.17) is 14.2 Å². The molecule has 0 bridgehead atoms. The minimum absolute atomic E-state index is 0.0386. The van der Waals surface area contributed by atoms with E-state index >= 15 is 0 Å². The molecule has 1 aromatic carbocycles. The van der Waals surface area contributed by atoms with E-state index in [0.717, 1.165) is 46.6 Å². The number of ether oxygens (including phenoxy) is 3. The van der Waals surface area contributed by atoms with E-state index in [1.807, 2.05) is 44.2 Å². The highest BCUT2D eigenvalue weighted by molar-refractivity contribution is 6.06. The fraction of sp³-hybridized carbons (Fsp3) is 0.406. The van der Waals surface area contributed by atoms with Gasteiger partial charge in [-0.25, -0.2) is 4.99 Å². The van der Waals surface area contributed by atoms with Crippen LogP contribution in [0.15, 0.2) is 53.2 Å². The lowest BCUT2D eigenvalue weighted by Crippen LogP contribution is -2.39. The summed E-state index contributed by atoms with van der Waals surface area (Å²) in [5.41, 5.74) is 6.96. The summed E-state index contributed by atoms with van der Waals surface area (Å²) in [5.74, 6) is 0.517. The molecule has 1 fully saturated rings. The predicted molar refractivity (Wildman–Crippen MR) is 159 cm³/mol. The van der Waals surface area contributed by atoms with Gasteiger partial charge in [-0.15, -0.1) is 0 Å². The number of pyridine rings is 1. The van der Waals surface area contributed by atoms with Gasteiger partial charge >= 0.3 is 0 Å². The molecule has 1 N–H and O–H groups in total. The van der Waals surface area contributed by atoms with Gasteiger partial charge in [0.15, 0.2) is 0 Å². The summed E-state index contributed by atoms with van der Waals surface area (Å²) in [4.78, 5) is 32.7. The summed E-state index contributed by atoms with van der Waals surface area (Å²) in [6, 6.07) is 9.84. The highest BCUT2D eigenvalue weighted by atomic mass is 16.5. The quantitative estimate of drug-likeness (QED) is 0.434. The molecule has 2 aliphatic heterocycles. The fourth-order valence-electron chi connectivity index (χ4n) is 5.84. The Kier molecular flexibility index (Phi) is 8.28. The molecule has 0 aliphatic carbocycles. The van der Waals surface area contributed by atoms with Gasteiger partial charge in [0.2, 0.25) is 0 Å². The molecule has 0 radical (unpaired) electrons. The number of methoxy groups -OCH3 is 2. The van der Waals surface area contributed by atoms with Crippen LogP contribution in [0.3, 0.4) is 0 Å². The third-order valence-corrected chi connectivity index (χ3v) is 8.15. The molecule has 2 atom stereocenters. The van der Waals surface area contributed by atoms with Crippen molar-refractivity contribution in [2.45, 2.75) is 33.7 Å². The molecule has 2 amide bonds. The van der Waals surface area contributed by atoms with Crippen LogP contribution >= 0.6 is 0 Å². The first kappa shape index (κ1) is 28.6. The van der Waals surface area contributed by atoms with Gasteiger partial charge in [-0.3, -0.25) is 14.5 Å². The van der Waals surface area contributed by atoms with E-state index in [0.29, 0.717) is 36.0 Å². The average molecular weight is 559 g/mol. The standard InChI is InChI=1S/C32H38N4O5/c1-19-11-20(2)34-32(38)29(19)17-33-31(37)28-15-25-12-24(23-13-26(39-5)16-27(14-23)40-6)18-36(25)30(21(28)3)22(4)35-7-9-41-10-8-35/h11-16,18,22,29H,7-10,17H2,1-6H3,(H,33,37). The SMILES string of the molecule is COc1cc(OC)cc(-c2cc3cc(C(=O)NCC4C(=O)N=C(C)C=C4C)c(C)c(C(C)N4CCOCC4)n3c2)c1. The number of hydrogen-bond acceptors (Lipinski definition) is 6. The first-order valence-electron chi connectivity index (χ1n) is 14.0. The van der Waals surface area contributed by atoms with Crippen molar-refractivity contribution in [3.63, 3.8) is 0 Å². The van der Waals surface area contributed by atoms with Gasteiger partial charge in [-0.1, -0.05) is 5.57 Å². The van der Waals surface area contributed by atoms with Crippen molar-refractivity contribution in [3.05, 3.63) is 65.0 Å². The summed E-state index contributed by atoms with van der Waals surface area (Å²) >= 11 is 0. The third kappa shape index (κ3) is 5.78. The molecule has 2 aliphatic rings. The Labute approximate surface area is 240 Å². The van der Waals surface area contributed by atoms with Crippen LogP contribution in [-0.2, 0) is 9.53 Å². The van der Waals surface area contributed by atoms with Crippen LogP contribution in [0.4, 0.5) is 0 Å². The molecule has 9 nitrogen and oxygen atoms in total. The number of nitrogens with one attached hydrogen (secondary N) is 1. The van der Waals surface area contributed by atoms with Crippen molar-refractivity contribution in [2.75, 3.05) is 47.1 Å². The molecule has 3 aromatic rings. The lowest BCUT2D eigenvalue weighted by Gasteiger charge is -2.34. The second-order valence-corrected chi connectivity index (χ2v) is 10.8. The zero-order valence-electron chi connectivity index (χ0n) is 24.6. The number of carbonyl (C=O) groups excluding carboxylic acids is 2.